The van der Waals surface area contributed by atoms with E-state index in [2.05, 4.69) is 41.4 Å². The Morgan fingerprint density at radius 2 is 1.63 bits per heavy atom. The molecule has 108 valence electrons. The van der Waals surface area contributed by atoms with Crippen LogP contribution >= 0.6 is 0 Å². The Morgan fingerprint density at radius 3 is 2.26 bits per heavy atom. The Bertz CT molecular complexity index is 352. The second kappa shape index (κ2) is 9.59. The van der Waals surface area contributed by atoms with Gasteiger partial charge in [0.25, 0.3) is 0 Å². The van der Waals surface area contributed by atoms with E-state index in [1.54, 1.807) is 6.33 Å². The van der Waals surface area contributed by atoms with Gasteiger partial charge in [-0.1, -0.05) is 39.5 Å². The van der Waals surface area contributed by atoms with Crippen LogP contribution in [0.25, 0.3) is 0 Å². The first-order chi connectivity index (χ1) is 9.33. The standard InChI is InChI=1S/C15H28N4/c1-4-7-8-9-11-17-15-13(10-5-2)14(16-6-3)18-12-19-15/h12H,4-11H2,1-3H3,(H2,16,17,18,19). The molecule has 0 aliphatic carbocycles. The van der Waals surface area contributed by atoms with Gasteiger partial charge in [-0.2, -0.15) is 0 Å². The molecule has 1 heterocycles. The van der Waals surface area contributed by atoms with Gasteiger partial charge < -0.3 is 10.6 Å². The van der Waals surface area contributed by atoms with E-state index in [9.17, 15) is 0 Å². The van der Waals surface area contributed by atoms with Crippen LogP contribution in [0.15, 0.2) is 6.33 Å². The molecule has 2 N–H and O–H groups in total. The maximum absolute atomic E-state index is 4.40. The summed E-state index contributed by atoms with van der Waals surface area (Å²) in [5, 5.41) is 6.79. The Labute approximate surface area is 117 Å². The van der Waals surface area contributed by atoms with Gasteiger partial charge in [0.1, 0.15) is 18.0 Å². The summed E-state index contributed by atoms with van der Waals surface area (Å²) in [7, 11) is 0. The molecule has 1 aromatic heterocycles. The highest BCUT2D eigenvalue weighted by Crippen LogP contribution is 2.21. The van der Waals surface area contributed by atoms with E-state index in [1.807, 2.05) is 0 Å². The molecule has 0 atom stereocenters. The fourth-order valence-electron chi connectivity index (χ4n) is 2.13. The van der Waals surface area contributed by atoms with Crippen molar-refractivity contribution in [2.24, 2.45) is 0 Å². The maximum atomic E-state index is 4.40. The van der Waals surface area contributed by atoms with E-state index in [4.69, 9.17) is 0 Å². The maximum Gasteiger partial charge on any atom is 0.134 e. The predicted octanol–water partition coefficient (Wildman–Crippen LogP) is 3.85. The van der Waals surface area contributed by atoms with E-state index in [0.717, 1.165) is 37.6 Å². The third-order valence-corrected chi connectivity index (χ3v) is 3.11. The third-order valence-electron chi connectivity index (χ3n) is 3.11. The Hall–Kier alpha value is -1.32. The minimum atomic E-state index is 0.893. The van der Waals surface area contributed by atoms with E-state index in [-0.39, 0.29) is 0 Å². The molecule has 1 aromatic rings. The molecule has 0 saturated carbocycles. The van der Waals surface area contributed by atoms with Crippen LogP contribution in [0.5, 0.6) is 0 Å². The average molecular weight is 264 g/mol. The summed E-state index contributed by atoms with van der Waals surface area (Å²) in [4.78, 5) is 8.74. The topological polar surface area (TPSA) is 49.8 Å². The largest absolute Gasteiger partial charge is 0.370 e. The number of hydrogen-bond donors (Lipinski definition) is 2. The predicted molar refractivity (Wildman–Crippen MR) is 82.8 cm³/mol. The molecular formula is C15H28N4. The van der Waals surface area contributed by atoms with Crippen LogP contribution in [0.2, 0.25) is 0 Å². The highest BCUT2D eigenvalue weighted by atomic mass is 15.1. The zero-order valence-electron chi connectivity index (χ0n) is 12.6. The molecule has 0 fully saturated rings. The van der Waals surface area contributed by atoms with Gasteiger partial charge in [-0.05, 0) is 19.8 Å². The molecule has 0 radical (unpaired) electrons. The van der Waals surface area contributed by atoms with Crippen LogP contribution in [0.3, 0.4) is 0 Å². The average Bonchev–Trinajstić information content (AvgIpc) is 2.42. The number of rotatable bonds is 10. The van der Waals surface area contributed by atoms with Gasteiger partial charge in [0, 0.05) is 18.7 Å². The molecular weight excluding hydrogens is 236 g/mol. The van der Waals surface area contributed by atoms with Crippen molar-refractivity contribution in [3.63, 3.8) is 0 Å². The zero-order valence-corrected chi connectivity index (χ0v) is 12.6. The van der Waals surface area contributed by atoms with Crippen LogP contribution in [0.4, 0.5) is 11.6 Å². The number of nitrogens with zero attached hydrogens (tertiary/aromatic N) is 2. The van der Waals surface area contributed by atoms with E-state index >= 15 is 0 Å². The molecule has 0 spiro atoms. The third kappa shape index (κ3) is 5.45. The number of hydrogen-bond acceptors (Lipinski definition) is 4. The number of aromatic nitrogens is 2. The van der Waals surface area contributed by atoms with Crippen LogP contribution < -0.4 is 10.6 Å². The van der Waals surface area contributed by atoms with E-state index in [1.165, 1.54) is 31.2 Å². The molecule has 19 heavy (non-hydrogen) atoms. The first-order valence-electron chi connectivity index (χ1n) is 7.65. The first kappa shape index (κ1) is 15.7. The molecule has 4 nitrogen and oxygen atoms in total. The summed E-state index contributed by atoms with van der Waals surface area (Å²) < 4.78 is 0. The second-order valence-corrected chi connectivity index (χ2v) is 4.82. The lowest BCUT2D eigenvalue weighted by atomic mass is 10.1. The molecule has 0 amide bonds. The van der Waals surface area contributed by atoms with Crippen LogP contribution in [-0.2, 0) is 6.42 Å². The molecule has 0 saturated heterocycles. The zero-order chi connectivity index (χ0) is 13.9. The molecule has 4 heteroatoms. The van der Waals surface area contributed by atoms with E-state index in [0.29, 0.717) is 0 Å². The molecule has 0 aliphatic rings. The lowest BCUT2D eigenvalue weighted by Gasteiger charge is -2.14. The number of anilines is 2. The van der Waals surface area contributed by atoms with Crippen molar-refractivity contribution in [2.75, 3.05) is 23.7 Å². The number of nitrogens with one attached hydrogen (secondary N) is 2. The van der Waals surface area contributed by atoms with Crippen molar-refractivity contribution in [1.29, 1.82) is 0 Å². The van der Waals surface area contributed by atoms with Gasteiger partial charge in [-0.3, -0.25) is 0 Å². The van der Waals surface area contributed by atoms with Gasteiger partial charge in [0.15, 0.2) is 0 Å². The van der Waals surface area contributed by atoms with E-state index < -0.39 is 0 Å². The summed E-state index contributed by atoms with van der Waals surface area (Å²) in [6.45, 7) is 8.41. The van der Waals surface area contributed by atoms with Crippen LogP contribution in [-0.4, -0.2) is 23.1 Å². The summed E-state index contributed by atoms with van der Waals surface area (Å²) in [6, 6.07) is 0. The van der Waals surface area contributed by atoms with Gasteiger partial charge in [-0.15, -0.1) is 0 Å². The van der Waals surface area contributed by atoms with Crippen molar-refractivity contribution in [3.05, 3.63) is 11.9 Å². The molecule has 0 aliphatic heterocycles. The fraction of sp³-hybridized carbons (Fsp3) is 0.733. The fourth-order valence-corrected chi connectivity index (χ4v) is 2.13. The molecule has 0 unspecified atom stereocenters. The van der Waals surface area contributed by atoms with Gasteiger partial charge >= 0.3 is 0 Å². The van der Waals surface area contributed by atoms with Crippen LogP contribution in [0.1, 0.15) is 58.4 Å². The Morgan fingerprint density at radius 1 is 0.895 bits per heavy atom. The minimum absolute atomic E-state index is 0.893. The van der Waals surface area contributed by atoms with Crippen molar-refractivity contribution in [3.8, 4) is 0 Å². The molecule has 0 aromatic carbocycles. The van der Waals surface area contributed by atoms with Crippen molar-refractivity contribution in [2.45, 2.75) is 59.3 Å². The van der Waals surface area contributed by atoms with Gasteiger partial charge in [-0.25, -0.2) is 9.97 Å². The highest BCUT2D eigenvalue weighted by molar-refractivity contribution is 5.57. The normalized spacial score (nSPS) is 10.5. The smallest absolute Gasteiger partial charge is 0.134 e. The van der Waals surface area contributed by atoms with Crippen molar-refractivity contribution >= 4 is 11.6 Å². The highest BCUT2D eigenvalue weighted by Gasteiger charge is 2.09. The molecule has 0 bridgehead atoms. The number of unbranched alkanes of at least 4 members (excludes halogenated alkanes) is 3. The second-order valence-electron chi connectivity index (χ2n) is 4.82. The van der Waals surface area contributed by atoms with Crippen molar-refractivity contribution < 1.29 is 0 Å². The lowest BCUT2D eigenvalue weighted by molar-refractivity contribution is 0.683. The summed E-state index contributed by atoms with van der Waals surface area (Å²) >= 11 is 0. The van der Waals surface area contributed by atoms with Crippen molar-refractivity contribution in [1.82, 2.24) is 9.97 Å². The first-order valence-corrected chi connectivity index (χ1v) is 7.65. The van der Waals surface area contributed by atoms with Gasteiger partial charge in [0.2, 0.25) is 0 Å². The van der Waals surface area contributed by atoms with Gasteiger partial charge in [0.05, 0.1) is 0 Å². The Balaban J connectivity index is 2.61. The monoisotopic (exact) mass is 264 g/mol. The SMILES string of the molecule is CCCCCCNc1ncnc(NCC)c1CCC. The minimum Gasteiger partial charge on any atom is -0.370 e. The Kier molecular flexibility index (Phi) is 7.94. The molecule has 1 rings (SSSR count). The summed E-state index contributed by atoms with van der Waals surface area (Å²) in [5.41, 5.74) is 1.22. The summed E-state index contributed by atoms with van der Waals surface area (Å²) in [6.07, 6.45) is 8.86. The quantitative estimate of drug-likeness (QED) is 0.630. The lowest BCUT2D eigenvalue weighted by Crippen LogP contribution is -2.11. The van der Waals surface area contributed by atoms with Crippen LogP contribution in [0, 0.1) is 0 Å². The summed E-state index contributed by atoms with van der Waals surface area (Å²) in [5.74, 6) is 1.99.